The van der Waals surface area contributed by atoms with Crippen molar-refractivity contribution < 1.29 is 18.7 Å². The van der Waals surface area contributed by atoms with Gasteiger partial charge in [-0.2, -0.15) is 0 Å². The fourth-order valence-corrected chi connectivity index (χ4v) is 4.06. The molecular weight excluding hydrogens is 372 g/mol. The normalized spacial score (nSPS) is 10.8. The number of Topliss-reactive ketones (excluding diaryl/α,β-unsaturated/α-hetero) is 1. The highest BCUT2D eigenvalue weighted by Crippen LogP contribution is 2.33. The molecule has 8 heteroatoms. The zero-order chi connectivity index (χ0) is 18.7. The second-order valence-electron chi connectivity index (χ2n) is 5.48. The zero-order valence-electron chi connectivity index (χ0n) is 14.9. The molecular formula is C18H18N2O4S2. The van der Waals surface area contributed by atoms with Crippen molar-refractivity contribution in [2.75, 3.05) is 20.0 Å². The molecule has 26 heavy (non-hydrogen) atoms. The third-order valence-corrected chi connectivity index (χ3v) is 5.49. The summed E-state index contributed by atoms with van der Waals surface area (Å²) in [6.07, 6.45) is 0. The maximum Gasteiger partial charge on any atom is 0.277 e. The number of benzene rings is 1. The number of ketones is 1. The fraction of sp³-hybridized carbons (Fsp3) is 0.278. The molecule has 0 unspecified atom stereocenters. The van der Waals surface area contributed by atoms with E-state index in [1.165, 1.54) is 11.8 Å². The number of hydrogen-bond acceptors (Lipinski definition) is 8. The van der Waals surface area contributed by atoms with E-state index in [1.54, 1.807) is 37.7 Å². The Kier molecular flexibility index (Phi) is 5.63. The van der Waals surface area contributed by atoms with Crippen LogP contribution in [0.1, 0.15) is 20.1 Å². The predicted octanol–water partition coefficient (Wildman–Crippen LogP) is 4.41. The van der Waals surface area contributed by atoms with Crippen molar-refractivity contribution in [1.82, 2.24) is 10.2 Å². The second-order valence-corrected chi connectivity index (χ2v) is 7.87. The van der Waals surface area contributed by atoms with E-state index in [9.17, 15) is 4.79 Å². The molecule has 1 aromatic carbocycles. The Labute approximate surface area is 159 Å². The van der Waals surface area contributed by atoms with Gasteiger partial charge in [-0.05, 0) is 38.1 Å². The predicted molar refractivity (Wildman–Crippen MR) is 102 cm³/mol. The van der Waals surface area contributed by atoms with Gasteiger partial charge in [0, 0.05) is 20.9 Å². The third kappa shape index (κ3) is 3.91. The van der Waals surface area contributed by atoms with Crippen LogP contribution in [0.25, 0.3) is 11.5 Å². The topological polar surface area (TPSA) is 74.5 Å². The Balaban J connectivity index is 1.70. The lowest BCUT2D eigenvalue weighted by Crippen LogP contribution is -2.02. The molecule has 0 saturated carbocycles. The van der Waals surface area contributed by atoms with Gasteiger partial charge < -0.3 is 13.9 Å². The average Bonchev–Trinajstić information content (AvgIpc) is 3.25. The van der Waals surface area contributed by atoms with Gasteiger partial charge in [-0.3, -0.25) is 4.79 Å². The maximum absolute atomic E-state index is 12.3. The van der Waals surface area contributed by atoms with Crippen molar-refractivity contribution in [2.45, 2.75) is 19.1 Å². The van der Waals surface area contributed by atoms with Crippen LogP contribution in [0.3, 0.4) is 0 Å². The molecule has 0 bridgehead atoms. The molecule has 2 heterocycles. The highest BCUT2D eigenvalue weighted by molar-refractivity contribution is 7.99. The summed E-state index contributed by atoms with van der Waals surface area (Å²) >= 11 is 2.86. The van der Waals surface area contributed by atoms with Gasteiger partial charge in [-0.15, -0.1) is 21.5 Å². The van der Waals surface area contributed by atoms with Gasteiger partial charge in [-0.1, -0.05) is 11.8 Å². The van der Waals surface area contributed by atoms with Gasteiger partial charge in [0.15, 0.2) is 17.3 Å². The summed E-state index contributed by atoms with van der Waals surface area (Å²) in [5.41, 5.74) is 1.48. The minimum absolute atomic E-state index is 0.0581. The second kappa shape index (κ2) is 7.92. The van der Waals surface area contributed by atoms with Crippen LogP contribution in [0.5, 0.6) is 11.5 Å². The summed E-state index contributed by atoms with van der Waals surface area (Å²) < 4.78 is 16.2. The van der Waals surface area contributed by atoms with E-state index in [1.807, 2.05) is 26.0 Å². The van der Waals surface area contributed by atoms with E-state index < -0.39 is 0 Å². The molecule has 136 valence electrons. The molecule has 0 saturated heterocycles. The first-order chi connectivity index (χ1) is 12.5. The molecule has 0 aliphatic rings. The lowest BCUT2D eigenvalue weighted by Gasteiger charge is -2.07. The van der Waals surface area contributed by atoms with E-state index in [2.05, 4.69) is 10.2 Å². The van der Waals surface area contributed by atoms with Gasteiger partial charge in [0.1, 0.15) is 0 Å². The highest BCUT2D eigenvalue weighted by atomic mass is 32.2. The van der Waals surface area contributed by atoms with Crippen LogP contribution in [0.15, 0.2) is 33.9 Å². The van der Waals surface area contributed by atoms with E-state index in [-0.39, 0.29) is 11.5 Å². The summed E-state index contributed by atoms with van der Waals surface area (Å²) in [6.45, 7) is 3.95. The molecule has 0 aliphatic carbocycles. The zero-order valence-corrected chi connectivity index (χ0v) is 16.5. The Bertz CT molecular complexity index is 933. The molecule has 3 aromatic rings. The first-order valence-corrected chi connectivity index (χ1v) is 9.61. The lowest BCUT2D eigenvalue weighted by atomic mass is 10.2. The minimum atomic E-state index is 0.0581. The molecule has 0 fully saturated rings. The molecule has 0 radical (unpaired) electrons. The number of hydrogen-bond donors (Lipinski definition) is 0. The van der Waals surface area contributed by atoms with Crippen LogP contribution in [-0.2, 0) is 0 Å². The molecule has 0 spiro atoms. The molecule has 0 amide bonds. The lowest BCUT2D eigenvalue weighted by molar-refractivity contribution is 0.102. The standard InChI is InChI=1S/C18H18N2O4S2/c1-10-7-13(11(2)26-10)14(21)9-25-18-20-19-17(24-18)12-5-6-15(22-3)16(8-12)23-4/h5-8H,9H2,1-4H3. The van der Waals surface area contributed by atoms with Gasteiger partial charge >= 0.3 is 0 Å². The summed E-state index contributed by atoms with van der Waals surface area (Å²) in [5.74, 6) is 1.88. The molecule has 2 aromatic heterocycles. The van der Waals surface area contributed by atoms with Gasteiger partial charge in [-0.25, -0.2) is 0 Å². The SMILES string of the molecule is COc1ccc(-c2nnc(SCC(=O)c3cc(C)sc3C)o2)cc1OC. The number of nitrogens with zero attached hydrogens (tertiary/aromatic N) is 2. The van der Waals surface area contributed by atoms with Crippen molar-refractivity contribution in [3.63, 3.8) is 0 Å². The van der Waals surface area contributed by atoms with Crippen molar-refractivity contribution >= 4 is 28.9 Å². The van der Waals surface area contributed by atoms with Crippen molar-refractivity contribution in [1.29, 1.82) is 0 Å². The molecule has 0 N–H and O–H groups in total. The number of rotatable bonds is 7. The van der Waals surface area contributed by atoms with Crippen LogP contribution in [-0.4, -0.2) is 36.0 Å². The minimum Gasteiger partial charge on any atom is -0.493 e. The fourth-order valence-electron chi connectivity index (χ4n) is 2.47. The highest BCUT2D eigenvalue weighted by Gasteiger charge is 2.16. The number of methoxy groups -OCH3 is 2. The van der Waals surface area contributed by atoms with Crippen LogP contribution >= 0.6 is 23.1 Å². The number of thiophene rings is 1. The van der Waals surface area contributed by atoms with Crippen LogP contribution in [0.4, 0.5) is 0 Å². The number of carbonyl (C=O) groups excluding carboxylic acids is 1. The van der Waals surface area contributed by atoms with Gasteiger partial charge in [0.25, 0.3) is 5.22 Å². The summed E-state index contributed by atoms with van der Waals surface area (Å²) in [6, 6.07) is 7.28. The van der Waals surface area contributed by atoms with E-state index in [0.717, 1.165) is 20.9 Å². The number of carbonyl (C=O) groups is 1. The summed E-state index contributed by atoms with van der Waals surface area (Å²) in [5, 5.41) is 8.41. The number of thioether (sulfide) groups is 1. The monoisotopic (exact) mass is 390 g/mol. The van der Waals surface area contributed by atoms with E-state index >= 15 is 0 Å². The maximum atomic E-state index is 12.3. The average molecular weight is 390 g/mol. The molecule has 0 aliphatic heterocycles. The summed E-state index contributed by atoms with van der Waals surface area (Å²) in [7, 11) is 3.14. The quantitative estimate of drug-likeness (QED) is 0.437. The number of ether oxygens (including phenoxy) is 2. The Morgan fingerprint density at radius 2 is 1.92 bits per heavy atom. The van der Waals surface area contributed by atoms with Crippen LogP contribution in [0.2, 0.25) is 0 Å². The first kappa shape index (κ1) is 18.5. The van der Waals surface area contributed by atoms with Gasteiger partial charge in [0.2, 0.25) is 5.89 Å². The smallest absolute Gasteiger partial charge is 0.277 e. The molecule has 6 nitrogen and oxygen atoms in total. The Morgan fingerprint density at radius 3 is 2.58 bits per heavy atom. The largest absolute Gasteiger partial charge is 0.493 e. The molecule has 3 rings (SSSR count). The summed E-state index contributed by atoms with van der Waals surface area (Å²) in [4.78, 5) is 14.5. The first-order valence-electron chi connectivity index (χ1n) is 7.80. The van der Waals surface area contributed by atoms with Crippen molar-refractivity contribution in [3.8, 4) is 23.0 Å². The van der Waals surface area contributed by atoms with Crippen molar-refractivity contribution in [2.24, 2.45) is 0 Å². The van der Waals surface area contributed by atoms with Crippen molar-refractivity contribution in [3.05, 3.63) is 39.6 Å². The number of aromatic nitrogens is 2. The van der Waals surface area contributed by atoms with Gasteiger partial charge in [0.05, 0.1) is 20.0 Å². The van der Waals surface area contributed by atoms with E-state index in [4.69, 9.17) is 13.9 Å². The van der Waals surface area contributed by atoms with E-state index in [0.29, 0.717) is 22.6 Å². The van der Waals surface area contributed by atoms with Crippen LogP contribution in [0, 0.1) is 13.8 Å². The third-order valence-electron chi connectivity index (χ3n) is 3.71. The molecule has 0 atom stereocenters. The Hall–Kier alpha value is -2.32. The van der Waals surface area contributed by atoms with Crippen LogP contribution < -0.4 is 9.47 Å². The number of aryl methyl sites for hydroxylation is 2. The Morgan fingerprint density at radius 1 is 1.15 bits per heavy atom.